The van der Waals surface area contributed by atoms with Crippen LogP contribution >= 0.6 is 0 Å². The molecule has 0 fully saturated rings. The van der Waals surface area contributed by atoms with Crippen LogP contribution in [0.1, 0.15) is 34.3 Å². The second-order valence-electron chi connectivity index (χ2n) is 5.32. The van der Waals surface area contributed by atoms with Gasteiger partial charge in [-0.25, -0.2) is 9.78 Å². The fourth-order valence-corrected chi connectivity index (χ4v) is 2.56. The zero-order valence-electron chi connectivity index (χ0n) is 13.9. The van der Waals surface area contributed by atoms with Gasteiger partial charge in [0.1, 0.15) is 41.0 Å². The molecule has 1 aromatic carbocycles. The van der Waals surface area contributed by atoms with Crippen LogP contribution in [0.25, 0.3) is 11.0 Å². The summed E-state index contributed by atoms with van der Waals surface area (Å²) in [6, 6.07) is 10.8. The van der Waals surface area contributed by atoms with E-state index in [0.717, 1.165) is 0 Å². The molecule has 0 aliphatic heterocycles. The molecule has 126 valence electrons. The Bertz CT molecular complexity index is 969. The Morgan fingerprint density at radius 2 is 2.20 bits per heavy atom. The second kappa shape index (κ2) is 7.05. The van der Waals surface area contributed by atoms with Crippen molar-refractivity contribution >= 4 is 16.9 Å². The van der Waals surface area contributed by atoms with E-state index in [-0.39, 0.29) is 6.61 Å². The van der Waals surface area contributed by atoms with Crippen molar-refractivity contribution in [2.75, 3.05) is 6.61 Å². The number of aromatic nitrogens is 1. The van der Waals surface area contributed by atoms with Crippen LogP contribution in [0, 0.1) is 18.3 Å². The third-order valence-corrected chi connectivity index (χ3v) is 3.71. The third-order valence-electron chi connectivity index (χ3n) is 3.71. The fourth-order valence-electron chi connectivity index (χ4n) is 2.56. The Kier molecular flexibility index (Phi) is 4.66. The molecule has 0 aliphatic carbocycles. The fraction of sp³-hybridized carbons (Fsp3) is 0.211. The quantitative estimate of drug-likeness (QED) is 0.659. The molecular weight excluding hydrogens is 320 g/mol. The number of fused-ring (bicyclic) bond motifs is 1. The van der Waals surface area contributed by atoms with Gasteiger partial charge in [0.25, 0.3) is 0 Å². The number of aryl methyl sites for hydroxylation is 1. The van der Waals surface area contributed by atoms with Gasteiger partial charge in [-0.2, -0.15) is 5.26 Å². The van der Waals surface area contributed by atoms with E-state index in [1.54, 1.807) is 50.4 Å². The lowest BCUT2D eigenvalue weighted by molar-refractivity contribution is 0.0526. The molecule has 0 aliphatic rings. The molecule has 0 radical (unpaired) electrons. The molecule has 0 bridgehead atoms. The van der Waals surface area contributed by atoms with Crippen molar-refractivity contribution in [3.05, 3.63) is 59.1 Å². The van der Waals surface area contributed by atoms with Crippen molar-refractivity contribution in [3.63, 3.8) is 0 Å². The summed E-state index contributed by atoms with van der Waals surface area (Å²) in [7, 11) is 0. The zero-order valence-corrected chi connectivity index (χ0v) is 13.9. The second-order valence-corrected chi connectivity index (χ2v) is 5.32. The standard InChI is InChI=1S/C19H16N2O4/c1-3-23-19(22)18-12(2)25-17-7-6-14(9-15(17)18)24-11-13-5-4-8-21-16(13)10-20/h4-9H,3,11H2,1-2H3. The average Bonchev–Trinajstić information content (AvgIpc) is 2.95. The Morgan fingerprint density at radius 3 is 2.96 bits per heavy atom. The van der Waals surface area contributed by atoms with Crippen LogP contribution in [0.3, 0.4) is 0 Å². The molecule has 6 nitrogen and oxygen atoms in total. The minimum atomic E-state index is -0.421. The Morgan fingerprint density at radius 1 is 1.36 bits per heavy atom. The molecule has 6 heteroatoms. The van der Waals surface area contributed by atoms with Crippen molar-refractivity contribution in [2.24, 2.45) is 0 Å². The van der Waals surface area contributed by atoms with Gasteiger partial charge >= 0.3 is 5.97 Å². The van der Waals surface area contributed by atoms with E-state index in [0.29, 0.717) is 45.9 Å². The normalized spacial score (nSPS) is 10.4. The van der Waals surface area contributed by atoms with E-state index >= 15 is 0 Å². The highest BCUT2D eigenvalue weighted by Crippen LogP contribution is 2.30. The van der Waals surface area contributed by atoms with Crippen LogP contribution in [0.5, 0.6) is 5.75 Å². The first-order valence-electron chi connectivity index (χ1n) is 7.81. The number of benzene rings is 1. The summed E-state index contributed by atoms with van der Waals surface area (Å²) in [5.74, 6) is 0.645. The minimum absolute atomic E-state index is 0.202. The van der Waals surface area contributed by atoms with Crippen LogP contribution in [0.4, 0.5) is 0 Å². The number of carbonyl (C=O) groups excluding carboxylic acids is 1. The number of carbonyl (C=O) groups is 1. The van der Waals surface area contributed by atoms with Gasteiger partial charge in [0.2, 0.25) is 0 Å². The molecule has 3 rings (SSSR count). The highest BCUT2D eigenvalue weighted by molar-refractivity contribution is 6.04. The molecule has 0 spiro atoms. The summed E-state index contributed by atoms with van der Waals surface area (Å²) >= 11 is 0. The summed E-state index contributed by atoms with van der Waals surface area (Å²) < 4.78 is 16.5. The minimum Gasteiger partial charge on any atom is -0.489 e. The lowest BCUT2D eigenvalue weighted by Crippen LogP contribution is -2.05. The monoisotopic (exact) mass is 336 g/mol. The maximum atomic E-state index is 12.1. The van der Waals surface area contributed by atoms with Crippen molar-refractivity contribution in [1.29, 1.82) is 5.26 Å². The van der Waals surface area contributed by atoms with Crippen LogP contribution in [0.15, 0.2) is 40.9 Å². The smallest absolute Gasteiger partial charge is 0.342 e. The number of nitrogens with zero attached hydrogens (tertiary/aromatic N) is 2. The van der Waals surface area contributed by atoms with Gasteiger partial charge in [-0.05, 0) is 38.1 Å². The number of pyridine rings is 1. The van der Waals surface area contributed by atoms with E-state index in [1.165, 1.54) is 0 Å². The summed E-state index contributed by atoms with van der Waals surface area (Å²) in [4.78, 5) is 16.2. The van der Waals surface area contributed by atoms with E-state index in [4.69, 9.17) is 19.2 Å². The summed E-state index contributed by atoms with van der Waals surface area (Å²) in [6.45, 7) is 3.97. The molecule has 0 atom stereocenters. The summed E-state index contributed by atoms with van der Waals surface area (Å²) in [6.07, 6.45) is 1.56. The predicted molar refractivity (Wildman–Crippen MR) is 90.2 cm³/mol. The summed E-state index contributed by atoms with van der Waals surface area (Å²) in [5, 5.41) is 9.71. The topological polar surface area (TPSA) is 85.3 Å². The Labute approximate surface area is 144 Å². The molecule has 0 saturated carbocycles. The predicted octanol–water partition coefficient (Wildman–Crippen LogP) is 3.76. The highest BCUT2D eigenvalue weighted by Gasteiger charge is 2.19. The first-order valence-corrected chi connectivity index (χ1v) is 7.81. The van der Waals surface area contributed by atoms with Crippen molar-refractivity contribution in [3.8, 4) is 11.8 Å². The molecule has 0 N–H and O–H groups in total. The van der Waals surface area contributed by atoms with Gasteiger partial charge in [-0.15, -0.1) is 0 Å². The summed E-state index contributed by atoms with van der Waals surface area (Å²) in [5.41, 5.74) is 2.02. The van der Waals surface area contributed by atoms with Crippen LogP contribution in [0.2, 0.25) is 0 Å². The van der Waals surface area contributed by atoms with Crippen molar-refractivity contribution < 1.29 is 18.7 Å². The van der Waals surface area contributed by atoms with E-state index in [9.17, 15) is 4.79 Å². The van der Waals surface area contributed by atoms with Gasteiger partial charge in [0, 0.05) is 17.1 Å². The van der Waals surface area contributed by atoms with Crippen LogP contribution in [-0.4, -0.2) is 17.6 Å². The lowest BCUT2D eigenvalue weighted by atomic mass is 10.1. The average molecular weight is 336 g/mol. The number of rotatable bonds is 5. The SMILES string of the molecule is CCOC(=O)c1c(C)oc2ccc(OCc3cccnc3C#N)cc12. The molecule has 0 amide bonds. The zero-order chi connectivity index (χ0) is 17.8. The van der Waals surface area contributed by atoms with E-state index < -0.39 is 5.97 Å². The molecule has 0 saturated heterocycles. The van der Waals surface area contributed by atoms with Gasteiger partial charge < -0.3 is 13.9 Å². The molecule has 3 aromatic rings. The number of ether oxygens (including phenoxy) is 2. The number of hydrogen-bond acceptors (Lipinski definition) is 6. The van der Waals surface area contributed by atoms with Gasteiger partial charge in [-0.1, -0.05) is 6.07 Å². The number of hydrogen-bond donors (Lipinski definition) is 0. The number of esters is 1. The van der Waals surface area contributed by atoms with E-state index in [1.807, 2.05) is 6.07 Å². The van der Waals surface area contributed by atoms with Crippen LogP contribution < -0.4 is 4.74 Å². The van der Waals surface area contributed by atoms with Gasteiger partial charge in [-0.3, -0.25) is 0 Å². The van der Waals surface area contributed by atoms with Gasteiger partial charge in [0.15, 0.2) is 0 Å². The highest BCUT2D eigenvalue weighted by atomic mass is 16.5. The van der Waals surface area contributed by atoms with Crippen molar-refractivity contribution in [2.45, 2.75) is 20.5 Å². The lowest BCUT2D eigenvalue weighted by Gasteiger charge is -2.07. The first kappa shape index (κ1) is 16.5. The van der Waals surface area contributed by atoms with Gasteiger partial charge in [0.05, 0.1) is 6.61 Å². The maximum Gasteiger partial charge on any atom is 0.342 e. The number of furan rings is 1. The molecule has 0 unspecified atom stereocenters. The third kappa shape index (κ3) is 3.31. The van der Waals surface area contributed by atoms with Crippen LogP contribution in [-0.2, 0) is 11.3 Å². The Hall–Kier alpha value is -3.33. The maximum absolute atomic E-state index is 12.1. The Balaban J connectivity index is 1.89. The molecule has 2 heterocycles. The molecular formula is C19H16N2O4. The first-order chi connectivity index (χ1) is 12.1. The van der Waals surface area contributed by atoms with Crippen molar-refractivity contribution in [1.82, 2.24) is 4.98 Å². The van der Waals surface area contributed by atoms with E-state index in [2.05, 4.69) is 4.98 Å². The number of nitriles is 1. The molecule has 25 heavy (non-hydrogen) atoms. The largest absolute Gasteiger partial charge is 0.489 e. The molecule has 2 aromatic heterocycles.